The number of carbonyl (C=O) groups excluding carboxylic acids is 1. The lowest BCUT2D eigenvalue weighted by atomic mass is 10.2. The van der Waals surface area contributed by atoms with Crippen molar-refractivity contribution in [3.63, 3.8) is 0 Å². The van der Waals surface area contributed by atoms with Crippen LogP contribution in [0.2, 0.25) is 0 Å². The maximum atomic E-state index is 10.9. The van der Waals surface area contributed by atoms with Gasteiger partial charge in [-0.3, -0.25) is 4.79 Å². The van der Waals surface area contributed by atoms with Crippen LogP contribution in [-0.4, -0.2) is 34.2 Å². The van der Waals surface area contributed by atoms with Gasteiger partial charge in [-0.25, -0.2) is 4.79 Å². The average Bonchev–Trinajstić information content (AvgIpc) is 2.46. The molecule has 0 saturated carbocycles. The van der Waals surface area contributed by atoms with E-state index < -0.39 is 11.9 Å². The summed E-state index contributed by atoms with van der Waals surface area (Å²) in [6.45, 7) is 0. The van der Waals surface area contributed by atoms with E-state index in [0.717, 1.165) is 5.69 Å². The first-order chi connectivity index (χ1) is 9.49. The highest BCUT2D eigenvalue weighted by molar-refractivity contribution is 5.90. The smallest absolute Gasteiger partial charge is 0.335 e. The Morgan fingerprint density at radius 3 is 2.20 bits per heavy atom. The second-order valence-electron chi connectivity index (χ2n) is 4.05. The number of amides is 1. The Kier molecular flexibility index (Phi) is 3.60. The van der Waals surface area contributed by atoms with Gasteiger partial charge in [0.15, 0.2) is 11.5 Å². The van der Waals surface area contributed by atoms with Gasteiger partial charge in [-0.1, -0.05) is 0 Å². The Bertz CT molecular complexity index is 580. The molecule has 0 aliphatic heterocycles. The minimum Gasteiger partial charge on any atom is -0.478 e. The molecule has 0 aliphatic carbocycles. The van der Waals surface area contributed by atoms with Crippen molar-refractivity contribution in [1.82, 2.24) is 10.2 Å². The molecule has 2 rings (SSSR count). The van der Waals surface area contributed by atoms with Crippen molar-refractivity contribution in [3.05, 3.63) is 47.7 Å². The summed E-state index contributed by atoms with van der Waals surface area (Å²) in [4.78, 5) is 23.4. The first-order valence-corrected chi connectivity index (χ1v) is 5.69. The highest BCUT2D eigenvalue weighted by atomic mass is 16.4. The van der Waals surface area contributed by atoms with Gasteiger partial charge in [0.1, 0.15) is 0 Å². The summed E-state index contributed by atoms with van der Waals surface area (Å²) in [6, 6.07) is 9.41. The highest BCUT2D eigenvalue weighted by Crippen LogP contribution is 2.21. The zero-order chi connectivity index (χ0) is 14.7. The van der Waals surface area contributed by atoms with Gasteiger partial charge in [0, 0.05) is 12.7 Å². The van der Waals surface area contributed by atoms with E-state index in [1.54, 1.807) is 30.1 Å². The third-order valence-corrected chi connectivity index (χ3v) is 2.75. The van der Waals surface area contributed by atoms with Gasteiger partial charge < -0.3 is 15.7 Å². The summed E-state index contributed by atoms with van der Waals surface area (Å²) in [5.74, 6) is -1.11. The number of anilines is 2. The SMILES string of the molecule is CN(c1ccc(C(=O)O)cc1)c1ccc(C(N)=O)nn1. The predicted molar refractivity (Wildman–Crippen MR) is 72.0 cm³/mol. The maximum Gasteiger partial charge on any atom is 0.335 e. The molecule has 7 nitrogen and oxygen atoms in total. The van der Waals surface area contributed by atoms with Crippen molar-refractivity contribution in [2.24, 2.45) is 5.73 Å². The molecule has 1 aromatic carbocycles. The van der Waals surface area contributed by atoms with Crippen LogP contribution >= 0.6 is 0 Å². The molecule has 0 unspecified atom stereocenters. The summed E-state index contributed by atoms with van der Waals surface area (Å²) in [7, 11) is 1.75. The van der Waals surface area contributed by atoms with Crippen LogP contribution in [0.1, 0.15) is 20.8 Å². The van der Waals surface area contributed by atoms with Crippen LogP contribution in [0.3, 0.4) is 0 Å². The molecule has 7 heteroatoms. The lowest BCUT2D eigenvalue weighted by Gasteiger charge is -2.17. The van der Waals surface area contributed by atoms with Crippen molar-refractivity contribution in [2.45, 2.75) is 0 Å². The molecule has 3 N–H and O–H groups in total. The number of aromatic nitrogens is 2. The topological polar surface area (TPSA) is 109 Å². The number of primary amides is 1. The summed E-state index contributed by atoms with van der Waals surface area (Å²) >= 11 is 0. The van der Waals surface area contributed by atoms with Crippen LogP contribution in [0.25, 0.3) is 0 Å². The third-order valence-electron chi connectivity index (χ3n) is 2.75. The number of rotatable bonds is 4. The number of hydrogen-bond donors (Lipinski definition) is 2. The van der Waals surface area contributed by atoms with E-state index in [-0.39, 0.29) is 11.3 Å². The Labute approximate surface area is 114 Å². The Morgan fingerprint density at radius 2 is 1.75 bits per heavy atom. The van der Waals surface area contributed by atoms with E-state index in [1.807, 2.05) is 0 Å². The third kappa shape index (κ3) is 2.72. The molecular weight excluding hydrogens is 260 g/mol. The zero-order valence-corrected chi connectivity index (χ0v) is 10.6. The van der Waals surface area contributed by atoms with E-state index in [1.165, 1.54) is 18.2 Å². The first kappa shape index (κ1) is 13.5. The predicted octanol–water partition coefficient (Wildman–Crippen LogP) is 1.04. The zero-order valence-electron chi connectivity index (χ0n) is 10.6. The molecule has 0 atom stereocenters. The van der Waals surface area contributed by atoms with Crippen LogP contribution in [-0.2, 0) is 0 Å². The van der Waals surface area contributed by atoms with Gasteiger partial charge in [-0.15, -0.1) is 10.2 Å². The van der Waals surface area contributed by atoms with Crippen LogP contribution in [0.15, 0.2) is 36.4 Å². The molecule has 2 aromatic rings. The number of carboxylic acids is 1. The van der Waals surface area contributed by atoms with Gasteiger partial charge in [-0.2, -0.15) is 0 Å². The van der Waals surface area contributed by atoms with Crippen molar-refractivity contribution >= 4 is 23.4 Å². The van der Waals surface area contributed by atoms with E-state index in [0.29, 0.717) is 5.82 Å². The normalized spacial score (nSPS) is 10.1. The largest absolute Gasteiger partial charge is 0.478 e. The van der Waals surface area contributed by atoms with E-state index in [2.05, 4.69) is 10.2 Å². The first-order valence-electron chi connectivity index (χ1n) is 5.69. The number of carboxylic acid groups (broad SMARTS) is 1. The van der Waals surface area contributed by atoms with E-state index in [9.17, 15) is 9.59 Å². The minimum atomic E-state index is -0.982. The van der Waals surface area contributed by atoms with Gasteiger partial charge in [0.2, 0.25) is 0 Å². The molecule has 0 bridgehead atoms. The quantitative estimate of drug-likeness (QED) is 0.860. The molecular formula is C13H12N4O3. The van der Waals surface area contributed by atoms with Crippen LogP contribution < -0.4 is 10.6 Å². The van der Waals surface area contributed by atoms with Crippen molar-refractivity contribution in [1.29, 1.82) is 0 Å². The average molecular weight is 272 g/mol. The number of nitrogens with zero attached hydrogens (tertiary/aromatic N) is 3. The summed E-state index contributed by atoms with van der Waals surface area (Å²) < 4.78 is 0. The van der Waals surface area contributed by atoms with Gasteiger partial charge in [-0.05, 0) is 36.4 Å². The molecule has 0 aliphatic rings. The van der Waals surface area contributed by atoms with Crippen molar-refractivity contribution in [3.8, 4) is 0 Å². The van der Waals surface area contributed by atoms with E-state index >= 15 is 0 Å². The van der Waals surface area contributed by atoms with Gasteiger partial charge >= 0.3 is 5.97 Å². The highest BCUT2D eigenvalue weighted by Gasteiger charge is 2.09. The fraction of sp³-hybridized carbons (Fsp3) is 0.0769. The van der Waals surface area contributed by atoms with Crippen LogP contribution in [0, 0.1) is 0 Å². The van der Waals surface area contributed by atoms with E-state index in [4.69, 9.17) is 10.8 Å². The molecule has 0 radical (unpaired) electrons. The van der Waals surface area contributed by atoms with Crippen molar-refractivity contribution in [2.75, 3.05) is 11.9 Å². The second-order valence-corrected chi connectivity index (χ2v) is 4.05. The van der Waals surface area contributed by atoms with Crippen LogP contribution in [0.5, 0.6) is 0 Å². The fourth-order valence-electron chi connectivity index (χ4n) is 1.60. The Hall–Kier alpha value is -2.96. The number of aromatic carboxylic acids is 1. The van der Waals surface area contributed by atoms with Gasteiger partial charge in [0.05, 0.1) is 5.56 Å². The summed E-state index contributed by atoms with van der Waals surface area (Å²) in [5.41, 5.74) is 6.12. The molecule has 1 aromatic heterocycles. The number of hydrogen-bond acceptors (Lipinski definition) is 5. The molecule has 20 heavy (non-hydrogen) atoms. The van der Waals surface area contributed by atoms with Crippen LogP contribution in [0.4, 0.5) is 11.5 Å². The van der Waals surface area contributed by atoms with Gasteiger partial charge in [0.25, 0.3) is 5.91 Å². The Balaban J connectivity index is 2.24. The Morgan fingerprint density at radius 1 is 1.10 bits per heavy atom. The maximum absolute atomic E-state index is 10.9. The summed E-state index contributed by atoms with van der Waals surface area (Å²) in [6.07, 6.45) is 0. The minimum absolute atomic E-state index is 0.0865. The number of nitrogens with two attached hydrogens (primary N) is 1. The number of benzene rings is 1. The molecule has 102 valence electrons. The molecule has 0 saturated heterocycles. The molecule has 0 spiro atoms. The summed E-state index contributed by atoms with van der Waals surface area (Å²) in [5, 5.41) is 16.4. The lowest BCUT2D eigenvalue weighted by molar-refractivity contribution is 0.0696. The molecule has 0 fully saturated rings. The fourth-order valence-corrected chi connectivity index (χ4v) is 1.60. The molecule has 1 amide bonds. The lowest BCUT2D eigenvalue weighted by Crippen LogP contribution is -2.16. The molecule has 1 heterocycles. The van der Waals surface area contributed by atoms with Crippen molar-refractivity contribution < 1.29 is 14.7 Å². The second kappa shape index (κ2) is 5.35. The number of carbonyl (C=O) groups is 2. The standard InChI is InChI=1S/C13H12N4O3/c1-17(9-4-2-8(3-5-9)13(19)20)11-7-6-10(12(14)18)15-16-11/h2-7H,1H3,(H2,14,18)(H,19,20). The monoisotopic (exact) mass is 272 g/mol.